The van der Waals surface area contributed by atoms with Gasteiger partial charge in [-0.1, -0.05) is 114 Å². The van der Waals surface area contributed by atoms with Crippen LogP contribution in [-0.2, 0) is 28.3 Å². The van der Waals surface area contributed by atoms with Gasteiger partial charge in [0.15, 0.2) is 4.34 Å². The summed E-state index contributed by atoms with van der Waals surface area (Å²) in [4.78, 5) is 27.3. The maximum atomic E-state index is 13.3. The molecule has 1 aromatic heterocycles. The number of imide groups is 1. The van der Waals surface area contributed by atoms with E-state index in [0.29, 0.717) is 10.1 Å². The summed E-state index contributed by atoms with van der Waals surface area (Å²) in [5, 5.41) is 8.41. The van der Waals surface area contributed by atoms with Crippen molar-refractivity contribution in [2.24, 2.45) is 5.73 Å². The number of rotatable bonds is 9. The lowest BCUT2D eigenvalue weighted by Gasteiger charge is -2.21. The third kappa shape index (κ3) is 6.98. The molecule has 0 saturated heterocycles. The van der Waals surface area contributed by atoms with E-state index >= 15 is 0 Å². The Kier molecular flexibility index (Phi) is 8.61. The molecular weight excluding hydrogens is 480 g/mol. The molecule has 0 bridgehead atoms. The van der Waals surface area contributed by atoms with Gasteiger partial charge in [0.05, 0.1) is 6.04 Å². The van der Waals surface area contributed by atoms with Crippen LogP contribution in [-0.4, -0.2) is 28.2 Å². The van der Waals surface area contributed by atoms with Crippen molar-refractivity contribution in [3.63, 3.8) is 0 Å². The highest BCUT2D eigenvalue weighted by Gasteiger charge is 2.32. The fraction of sp³-hybridized carbons (Fsp3) is 0.154. The predicted octanol–water partition coefficient (Wildman–Crippen LogP) is 5.07. The molecule has 4 rings (SSSR count). The first-order chi connectivity index (χ1) is 17.1. The number of anilines is 1. The summed E-state index contributed by atoms with van der Waals surface area (Å²) in [6.07, 6.45) is -0.561. The Morgan fingerprint density at radius 2 is 1.43 bits per heavy atom. The lowest BCUT2D eigenvalue weighted by atomic mass is 10.1. The molecule has 0 aliphatic heterocycles. The number of thioether (sulfide) groups is 1. The normalized spacial score (nSPS) is 11.6. The second-order valence-electron chi connectivity index (χ2n) is 7.63. The van der Waals surface area contributed by atoms with Crippen LogP contribution in [0, 0.1) is 0 Å². The SMILES string of the molecule is N[C@@H](Cc1ccccc1)C(=O)N(C(=O)OCc1ccccc1)c1nnc(SCc2ccccc2)s1. The number of hydrogen-bond donors (Lipinski definition) is 1. The van der Waals surface area contributed by atoms with Gasteiger partial charge in [0.25, 0.3) is 5.91 Å². The van der Waals surface area contributed by atoms with Crippen LogP contribution >= 0.6 is 23.1 Å². The Balaban J connectivity index is 1.50. The molecule has 178 valence electrons. The van der Waals surface area contributed by atoms with Crippen LogP contribution in [0.5, 0.6) is 0 Å². The molecule has 3 aromatic carbocycles. The minimum atomic E-state index is -0.953. The summed E-state index contributed by atoms with van der Waals surface area (Å²) in [7, 11) is 0. The molecule has 0 aliphatic carbocycles. The van der Waals surface area contributed by atoms with Gasteiger partial charge in [0.2, 0.25) is 5.13 Å². The molecule has 1 heterocycles. The third-order valence-electron chi connectivity index (χ3n) is 5.02. The van der Waals surface area contributed by atoms with E-state index in [0.717, 1.165) is 32.9 Å². The zero-order valence-corrected chi connectivity index (χ0v) is 20.5. The van der Waals surface area contributed by atoms with Crippen molar-refractivity contribution in [1.82, 2.24) is 10.2 Å². The van der Waals surface area contributed by atoms with Gasteiger partial charge in [0, 0.05) is 5.75 Å². The maximum absolute atomic E-state index is 13.3. The quantitative estimate of drug-likeness (QED) is 0.251. The molecule has 2 amide bonds. The Bertz CT molecular complexity index is 1240. The van der Waals surface area contributed by atoms with Gasteiger partial charge in [-0.25, -0.2) is 4.79 Å². The fourth-order valence-electron chi connectivity index (χ4n) is 3.24. The minimum absolute atomic E-state index is 0.0196. The first-order valence-corrected chi connectivity index (χ1v) is 12.7. The molecule has 0 radical (unpaired) electrons. The maximum Gasteiger partial charge on any atom is 0.423 e. The first kappa shape index (κ1) is 24.6. The van der Waals surface area contributed by atoms with E-state index in [1.54, 1.807) is 0 Å². The van der Waals surface area contributed by atoms with Gasteiger partial charge in [-0.3, -0.25) is 4.79 Å². The average molecular weight is 505 g/mol. The van der Waals surface area contributed by atoms with E-state index in [2.05, 4.69) is 10.2 Å². The van der Waals surface area contributed by atoms with Crippen LogP contribution in [0.1, 0.15) is 16.7 Å². The number of benzene rings is 3. The van der Waals surface area contributed by atoms with Crippen LogP contribution in [0.15, 0.2) is 95.3 Å². The predicted molar refractivity (Wildman–Crippen MR) is 138 cm³/mol. The number of aromatic nitrogens is 2. The smallest absolute Gasteiger partial charge is 0.423 e. The average Bonchev–Trinajstić information content (AvgIpc) is 3.36. The highest BCUT2D eigenvalue weighted by molar-refractivity contribution is 8.00. The van der Waals surface area contributed by atoms with Crippen molar-refractivity contribution in [2.75, 3.05) is 4.90 Å². The van der Waals surface area contributed by atoms with E-state index in [4.69, 9.17) is 10.5 Å². The summed E-state index contributed by atoms with van der Waals surface area (Å²) >= 11 is 2.63. The van der Waals surface area contributed by atoms with Crippen LogP contribution in [0.3, 0.4) is 0 Å². The summed E-state index contributed by atoms with van der Waals surface area (Å²) in [5.74, 6) is 0.0951. The van der Waals surface area contributed by atoms with E-state index in [1.165, 1.54) is 11.8 Å². The Labute approximate surface area is 211 Å². The molecule has 4 aromatic rings. The van der Waals surface area contributed by atoms with Gasteiger partial charge in [0.1, 0.15) is 6.61 Å². The van der Waals surface area contributed by atoms with Gasteiger partial charge in [-0.05, 0) is 23.1 Å². The van der Waals surface area contributed by atoms with Crippen molar-refractivity contribution in [3.8, 4) is 0 Å². The molecule has 1 atom stereocenters. The fourth-order valence-corrected chi connectivity index (χ4v) is 5.03. The Morgan fingerprint density at radius 3 is 2.06 bits per heavy atom. The zero-order chi connectivity index (χ0) is 24.5. The highest BCUT2D eigenvalue weighted by atomic mass is 32.2. The monoisotopic (exact) mass is 504 g/mol. The van der Waals surface area contributed by atoms with E-state index < -0.39 is 18.0 Å². The standard InChI is InChI=1S/C26H24N4O3S2/c27-22(16-19-10-4-1-5-11-19)23(31)30(26(32)33-17-20-12-6-2-7-13-20)24-28-29-25(35-24)34-18-21-14-8-3-9-15-21/h1-15,22H,16-18,27H2/t22-/m0/s1. The second-order valence-corrected chi connectivity index (χ2v) is 9.81. The summed E-state index contributed by atoms with van der Waals surface area (Å²) in [6, 6.07) is 27.6. The molecule has 0 unspecified atom stereocenters. The topological polar surface area (TPSA) is 98.4 Å². The molecule has 0 spiro atoms. The van der Waals surface area contributed by atoms with Crippen LogP contribution in [0.4, 0.5) is 9.93 Å². The minimum Gasteiger partial charge on any atom is -0.444 e. The lowest BCUT2D eigenvalue weighted by molar-refractivity contribution is -0.119. The van der Waals surface area contributed by atoms with Gasteiger partial charge in [-0.15, -0.1) is 10.2 Å². The van der Waals surface area contributed by atoms with E-state index in [1.807, 2.05) is 91.0 Å². The number of amides is 2. The summed E-state index contributed by atoms with van der Waals surface area (Å²) in [5.41, 5.74) is 9.05. The molecule has 7 nitrogen and oxygen atoms in total. The summed E-state index contributed by atoms with van der Waals surface area (Å²) < 4.78 is 6.08. The number of nitrogens with zero attached hydrogens (tertiary/aromatic N) is 3. The van der Waals surface area contributed by atoms with Gasteiger partial charge < -0.3 is 10.5 Å². The van der Waals surface area contributed by atoms with Gasteiger partial charge >= 0.3 is 6.09 Å². The van der Waals surface area contributed by atoms with Crippen LogP contribution in [0.2, 0.25) is 0 Å². The number of ether oxygens (including phenoxy) is 1. The van der Waals surface area contributed by atoms with Crippen molar-refractivity contribution in [3.05, 3.63) is 108 Å². The second kappa shape index (κ2) is 12.3. The van der Waals surface area contributed by atoms with Crippen LogP contribution < -0.4 is 10.6 Å². The molecule has 9 heteroatoms. The Hall–Kier alpha value is -3.53. The largest absolute Gasteiger partial charge is 0.444 e. The lowest BCUT2D eigenvalue weighted by Crippen LogP contribution is -2.48. The third-order valence-corrected chi connectivity index (χ3v) is 7.13. The van der Waals surface area contributed by atoms with Crippen molar-refractivity contribution in [1.29, 1.82) is 0 Å². The molecule has 2 N–H and O–H groups in total. The van der Waals surface area contributed by atoms with Crippen LogP contribution in [0.25, 0.3) is 0 Å². The molecule has 35 heavy (non-hydrogen) atoms. The zero-order valence-electron chi connectivity index (χ0n) is 18.8. The van der Waals surface area contributed by atoms with E-state index in [-0.39, 0.29) is 18.2 Å². The number of carbonyl (C=O) groups is 2. The van der Waals surface area contributed by atoms with Crippen molar-refractivity contribution >= 4 is 40.2 Å². The molecule has 0 saturated carbocycles. The van der Waals surface area contributed by atoms with Crippen molar-refractivity contribution in [2.45, 2.75) is 29.2 Å². The van der Waals surface area contributed by atoms with Gasteiger partial charge in [-0.2, -0.15) is 4.90 Å². The Morgan fingerprint density at radius 1 is 0.857 bits per heavy atom. The molecule has 0 fully saturated rings. The molecule has 0 aliphatic rings. The van der Waals surface area contributed by atoms with E-state index in [9.17, 15) is 9.59 Å². The summed E-state index contributed by atoms with van der Waals surface area (Å²) in [6.45, 7) is 0.0196. The number of nitrogens with two attached hydrogens (primary N) is 1. The molecular formula is C26H24N4O3S2. The highest BCUT2D eigenvalue weighted by Crippen LogP contribution is 2.31. The number of hydrogen-bond acceptors (Lipinski definition) is 8. The first-order valence-electron chi connectivity index (χ1n) is 10.9. The van der Waals surface area contributed by atoms with Crippen molar-refractivity contribution < 1.29 is 14.3 Å². The number of carbonyl (C=O) groups excluding carboxylic acids is 2.